The summed E-state index contributed by atoms with van der Waals surface area (Å²) in [6, 6.07) is 17.5. The Morgan fingerprint density at radius 2 is 2.00 bits per heavy atom. The number of benzene rings is 2. The zero-order chi connectivity index (χ0) is 20.2. The Morgan fingerprint density at radius 1 is 1.14 bits per heavy atom. The molecule has 0 aliphatic heterocycles. The first-order valence-corrected chi connectivity index (χ1v) is 9.36. The lowest BCUT2D eigenvalue weighted by atomic mass is 9.92. The molecular formula is C23H21FN4O. The van der Waals surface area contributed by atoms with Crippen LogP contribution in [0.1, 0.15) is 17.0 Å². The first-order chi connectivity index (χ1) is 14.1. The number of fused-ring (bicyclic) bond motifs is 1. The van der Waals surface area contributed by atoms with Gasteiger partial charge < -0.3 is 15.2 Å². The number of urea groups is 1. The van der Waals surface area contributed by atoms with E-state index >= 15 is 0 Å². The van der Waals surface area contributed by atoms with E-state index in [0.29, 0.717) is 12.2 Å². The van der Waals surface area contributed by atoms with Crippen LogP contribution in [0.3, 0.4) is 0 Å². The Balaban J connectivity index is 1.59. The molecule has 2 aromatic carbocycles. The molecule has 1 atom stereocenters. The predicted molar refractivity (Wildman–Crippen MR) is 112 cm³/mol. The molecular weight excluding hydrogens is 367 g/mol. The third kappa shape index (κ3) is 4.11. The van der Waals surface area contributed by atoms with Gasteiger partial charge in [0.15, 0.2) is 0 Å². The Labute approximate surface area is 168 Å². The van der Waals surface area contributed by atoms with Crippen LogP contribution >= 0.6 is 0 Å². The topological polar surface area (TPSA) is 59.0 Å². The summed E-state index contributed by atoms with van der Waals surface area (Å²) < 4.78 is 15.4. The highest BCUT2D eigenvalue weighted by molar-refractivity contribution is 5.89. The molecule has 2 N–H and O–H groups in total. The third-order valence-electron chi connectivity index (χ3n) is 4.94. The van der Waals surface area contributed by atoms with E-state index in [1.54, 1.807) is 18.3 Å². The summed E-state index contributed by atoms with van der Waals surface area (Å²) in [4.78, 5) is 16.6. The molecule has 0 saturated heterocycles. The molecule has 4 aromatic rings. The number of halogens is 1. The van der Waals surface area contributed by atoms with Gasteiger partial charge in [-0.2, -0.15) is 0 Å². The molecule has 5 nitrogen and oxygen atoms in total. The number of carbonyl (C=O) groups is 1. The van der Waals surface area contributed by atoms with Crippen molar-refractivity contribution in [1.82, 2.24) is 14.9 Å². The third-order valence-corrected chi connectivity index (χ3v) is 4.94. The number of carbonyl (C=O) groups excluding carboxylic acids is 1. The monoisotopic (exact) mass is 388 g/mol. The number of pyridine rings is 1. The number of anilines is 1. The van der Waals surface area contributed by atoms with Gasteiger partial charge in [-0.1, -0.05) is 30.3 Å². The van der Waals surface area contributed by atoms with Crippen molar-refractivity contribution < 1.29 is 9.18 Å². The molecule has 2 amide bonds. The van der Waals surface area contributed by atoms with Gasteiger partial charge >= 0.3 is 6.03 Å². The van der Waals surface area contributed by atoms with Crippen LogP contribution in [-0.4, -0.2) is 22.1 Å². The summed E-state index contributed by atoms with van der Waals surface area (Å²) in [6.07, 6.45) is 5.64. The van der Waals surface area contributed by atoms with Crippen molar-refractivity contribution in [3.63, 3.8) is 0 Å². The fourth-order valence-electron chi connectivity index (χ4n) is 3.58. The summed E-state index contributed by atoms with van der Waals surface area (Å²) in [6.45, 7) is 0.376. The molecule has 0 bridgehead atoms. The average Bonchev–Trinajstić information content (AvgIpc) is 3.06. The molecule has 6 heteroatoms. The number of nitrogens with zero attached hydrogens (tertiary/aromatic N) is 2. The van der Waals surface area contributed by atoms with Crippen molar-refractivity contribution in [3.8, 4) is 0 Å². The number of amides is 2. The molecule has 0 saturated carbocycles. The highest BCUT2D eigenvalue weighted by Gasteiger charge is 2.20. The summed E-state index contributed by atoms with van der Waals surface area (Å²) in [7, 11) is 2.01. The molecule has 29 heavy (non-hydrogen) atoms. The van der Waals surface area contributed by atoms with Crippen molar-refractivity contribution >= 4 is 22.6 Å². The summed E-state index contributed by atoms with van der Waals surface area (Å²) in [5.41, 5.74) is 3.66. The maximum absolute atomic E-state index is 13.3. The molecule has 0 unspecified atom stereocenters. The smallest absolute Gasteiger partial charge is 0.319 e. The molecule has 0 aliphatic rings. The molecule has 0 spiro atoms. The lowest BCUT2D eigenvalue weighted by Gasteiger charge is -2.18. The molecule has 0 radical (unpaired) electrons. The minimum absolute atomic E-state index is 0.0759. The molecule has 0 fully saturated rings. The van der Waals surface area contributed by atoms with Gasteiger partial charge in [-0.25, -0.2) is 9.18 Å². The quantitative estimate of drug-likeness (QED) is 0.522. The van der Waals surface area contributed by atoms with E-state index in [4.69, 9.17) is 0 Å². The minimum Gasteiger partial charge on any atom is -0.350 e. The summed E-state index contributed by atoms with van der Waals surface area (Å²) >= 11 is 0. The van der Waals surface area contributed by atoms with Crippen molar-refractivity contribution in [2.24, 2.45) is 7.05 Å². The maximum Gasteiger partial charge on any atom is 0.319 e. The van der Waals surface area contributed by atoms with Crippen LogP contribution in [0.2, 0.25) is 0 Å². The largest absolute Gasteiger partial charge is 0.350 e. The number of nitrogens with one attached hydrogen (secondary N) is 2. The second kappa shape index (κ2) is 8.14. The van der Waals surface area contributed by atoms with Gasteiger partial charge in [0.05, 0.1) is 0 Å². The van der Waals surface area contributed by atoms with Crippen LogP contribution in [0, 0.1) is 5.82 Å². The number of aryl methyl sites for hydroxylation is 1. The van der Waals surface area contributed by atoms with E-state index in [-0.39, 0.29) is 11.9 Å². The SMILES string of the molecule is Cn1cc([C@@H](CNC(=O)Nc2cccc(F)c2)c2cccnc2)c2ccccc21. The van der Waals surface area contributed by atoms with Gasteiger partial charge in [0.2, 0.25) is 0 Å². The Kier molecular flexibility index (Phi) is 5.24. The lowest BCUT2D eigenvalue weighted by molar-refractivity contribution is 0.252. The summed E-state index contributed by atoms with van der Waals surface area (Å²) in [5, 5.41) is 6.72. The van der Waals surface area contributed by atoms with Gasteiger partial charge in [0.25, 0.3) is 0 Å². The standard InChI is InChI=1S/C23H21FN4O/c1-28-15-21(19-9-2-3-10-22(19)28)20(16-6-5-11-25-13-16)14-26-23(29)27-18-8-4-7-17(24)12-18/h2-13,15,20H,14H2,1H3,(H2,26,27,29)/t20-/m0/s1. The lowest BCUT2D eigenvalue weighted by Crippen LogP contribution is -2.32. The Hall–Kier alpha value is -3.67. The average molecular weight is 388 g/mol. The first-order valence-electron chi connectivity index (χ1n) is 9.36. The molecule has 2 heterocycles. The zero-order valence-electron chi connectivity index (χ0n) is 16.0. The van der Waals surface area contributed by atoms with E-state index in [1.165, 1.54) is 12.1 Å². The molecule has 0 aliphatic carbocycles. The number of hydrogen-bond donors (Lipinski definition) is 2. The van der Waals surface area contributed by atoms with E-state index in [0.717, 1.165) is 22.0 Å². The van der Waals surface area contributed by atoms with Crippen molar-refractivity contribution in [2.75, 3.05) is 11.9 Å². The second-order valence-electron chi connectivity index (χ2n) is 6.90. The normalized spacial score (nSPS) is 11.9. The maximum atomic E-state index is 13.3. The number of rotatable bonds is 5. The van der Waals surface area contributed by atoms with Gasteiger partial charge in [-0.05, 0) is 41.5 Å². The fourth-order valence-corrected chi connectivity index (χ4v) is 3.58. The Bertz CT molecular complexity index is 1140. The van der Waals surface area contributed by atoms with Crippen LogP contribution < -0.4 is 10.6 Å². The van der Waals surface area contributed by atoms with Crippen molar-refractivity contribution in [1.29, 1.82) is 0 Å². The van der Waals surface area contributed by atoms with Crippen molar-refractivity contribution in [3.05, 3.63) is 96.2 Å². The number of para-hydroxylation sites is 1. The number of aromatic nitrogens is 2. The number of hydrogen-bond acceptors (Lipinski definition) is 2. The molecule has 2 aromatic heterocycles. The van der Waals surface area contributed by atoms with Gasteiger partial charge in [0.1, 0.15) is 5.82 Å². The highest BCUT2D eigenvalue weighted by Crippen LogP contribution is 2.31. The van der Waals surface area contributed by atoms with Crippen molar-refractivity contribution in [2.45, 2.75) is 5.92 Å². The van der Waals surface area contributed by atoms with Gasteiger partial charge in [-0.15, -0.1) is 0 Å². The minimum atomic E-state index is -0.396. The fraction of sp³-hybridized carbons (Fsp3) is 0.130. The van der Waals surface area contributed by atoms with E-state index in [2.05, 4.69) is 38.5 Å². The van der Waals surface area contributed by atoms with Crippen LogP contribution in [0.15, 0.2) is 79.3 Å². The van der Waals surface area contributed by atoms with E-state index in [9.17, 15) is 9.18 Å². The van der Waals surface area contributed by atoms with Crippen LogP contribution in [0.5, 0.6) is 0 Å². The molecule has 146 valence electrons. The van der Waals surface area contributed by atoms with Crippen LogP contribution in [-0.2, 0) is 7.05 Å². The van der Waals surface area contributed by atoms with Gasteiger partial charge in [-0.3, -0.25) is 4.98 Å². The highest BCUT2D eigenvalue weighted by atomic mass is 19.1. The van der Waals surface area contributed by atoms with E-state index < -0.39 is 5.82 Å². The first kappa shape index (κ1) is 18.7. The second-order valence-corrected chi connectivity index (χ2v) is 6.90. The van der Waals surface area contributed by atoms with Gasteiger partial charge in [0, 0.05) is 54.7 Å². The Morgan fingerprint density at radius 3 is 2.79 bits per heavy atom. The zero-order valence-corrected chi connectivity index (χ0v) is 16.0. The summed E-state index contributed by atoms with van der Waals surface area (Å²) in [5.74, 6) is -0.472. The van der Waals surface area contributed by atoms with Crippen LogP contribution in [0.4, 0.5) is 14.9 Å². The predicted octanol–water partition coefficient (Wildman–Crippen LogP) is 4.67. The van der Waals surface area contributed by atoms with Crippen LogP contribution in [0.25, 0.3) is 10.9 Å². The molecule has 4 rings (SSSR count). The van der Waals surface area contributed by atoms with E-state index in [1.807, 2.05) is 37.5 Å².